The van der Waals surface area contributed by atoms with E-state index in [4.69, 9.17) is 4.52 Å². The van der Waals surface area contributed by atoms with Crippen LogP contribution in [0.5, 0.6) is 0 Å². The highest BCUT2D eigenvalue weighted by Gasteiger charge is 2.14. The van der Waals surface area contributed by atoms with Crippen molar-refractivity contribution in [2.75, 3.05) is 5.32 Å². The van der Waals surface area contributed by atoms with Gasteiger partial charge in [0.2, 0.25) is 5.91 Å². The zero-order chi connectivity index (χ0) is 15.0. The first kappa shape index (κ1) is 13.3. The zero-order valence-corrected chi connectivity index (χ0v) is 12.0. The Hall–Kier alpha value is -2.70. The number of nitrogens with zero attached hydrogens (tertiary/aromatic N) is 3. The lowest BCUT2D eigenvalue weighted by molar-refractivity contribution is -0.115. The number of aromatic nitrogens is 4. The number of aromatic amines is 1. The number of H-pyrrole nitrogens is 1. The molecular formula is C14H15N5O2. The number of anilines is 1. The summed E-state index contributed by atoms with van der Waals surface area (Å²) < 4.78 is 5.03. The molecule has 7 nitrogen and oxygen atoms in total. The Labute approximate surface area is 120 Å². The summed E-state index contributed by atoms with van der Waals surface area (Å²) in [5.41, 5.74) is 3.33. The third kappa shape index (κ3) is 2.62. The molecule has 0 radical (unpaired) electrons. The van der Waals surface area contributed by atoms with Crippen molar-refractivity contribution in [1.82, 2.24) is 20.3 Å². The summed E-state index contributed by atoms with van der Waals surface area (Å²) in [6, 6.07) is 3.69. The fraction of sp³-hybridized carbons (Fsp3) is 0.286. The van der Waals surface area contributed by atoms with Gasteiger partial charge in [0.1, 0.15) is 5.76 Å². The third-order valence-corrected chi connectivity index (χ3v) is 3.12. The van der Waals surface area contributed by atoms with Crippen LogP contribution in [0, 0.1) is 20.8 Å². The van der Waals surface area contributed by atoms with E-state index in [0.29, 0.717) is 17.2 Å². The molecule has 0 spiro atoms. The van der Waals surface area contributed by atoms with Crippen LogP contribution in [0.2, 0.25) is 0 Å². The van der Waals surface area contributed by atoms with Gasteiger partial charge in [0.05, 0.1) is 17.5 Å². The van der Waals surface area contributed by atoms with E-state index in [2.05, 4.69) is 25.7 Å². The quantitative estimate of drug-likeness (QED) is 0.767. The van der Waals surface area contributed by atoms with E-state index in [1.54, 1.807) is 6.07 Å². The van der Waals surface area contributed by atoms with Gasteiger partial charge >= 0.3 is 0 Å². The molecule has 0 atom stereocenters. The largest absolute Gasteiger partial charge is 0.361 e. The highest BCUT2D eigenvalue weighted by molar-refractivity contribution is 6.00. The molecule has 0 aromatic carbocycles. The molecular weight excluding hydrogens is 270 g/mol. The van der Waals surface area contributed by atoms with Gasteiger partial charge in [-0.15, -0.1) is 0 Å². The standard InChI is InChI=1S/C14H15N5O2/c1-7-4-8(2)15-13-12(7)14(18-17-13)16-11(20)6-10-5-9(3)19-21-10/h4-5H,6H2,1-3H3,(H2,15,16,17,18,20). The molecule has 0 aliphatic rings. The Kier molecular flexibility index (Phi) is 3.17. The lowest BCUT2D eigenvalue weighted by Crippen LogP contribution is -2.14. The zero-order valence-electron chi connectivity index (χ0n) is 12.0. The van der Waals surface area contributed by atoms with Crippen LogP contribution in [0.4, 0.5) is 5.82 Å². The Balaban J connectivity index is 1.83. The molecule has 0 aliphatic carbocycles. The molecule has 108 valence electrons. The van der Waals surface area contributed by atoms with Crippen molar-refractivity contribution in [2.45, 2.75) is 27.2 Å². The first-order valence-electron chi connectivity index (χ1n) is 6.57. The molecule has 0 saturated carbocycles. The summed E-state index contributed by atoms with van der Waals surface area (Å²) in [6.07, 6.45) is 0.119. The average Bonchev–Trinajstić information content (AvgIpc) is 2.96. The van der Waals surface area contributed by atoms with E-state index >= 15 is 0 Å². The molecule has 3 rings (SSSR count). The fourth-order valence-electron chi connectivity index (χ4n) is 2.31. The van der Waals surface area contributed by atoms with Crippen LogP contribution < -0.4 is 5.32 Å². The number of amides is 1. The number of fused-ring (bicyclic) bond motifs is 1. The predicted octanol–water partition coefficient (Wildman–Crippen LogP) is 2.05. The van der Waals surface area contributed by atoms with Crippen molar-refractivity contribution in [3.8, 4) is 0 Å². The number of carbonyl (C=O) groups is 1. The molecule has 3 heterocycles. The maximum absolute atomic E-state index is 12.0. The van der Waals surface area contributed by atoms with Crippen molar-refractivity contribution in [2.24, 2.45) is 0 Å². The topological polar surface area (TPSA) is 96.7 Å². The second-order valence-corrected chi connectivity index (χ2v) is 5.04. The van der Waals surface area contributed by atoms with Crippen molar-refractivity contribution in [3.63, 3.8) is 0 Å². The van der Waals surface area contributed by atoms with Gasteiger partial charge in [0.25, 0.3) is 0 Å². The molecule has 3 aromatic rings. The molecule has 0 aliphatic heterocycles. The minimum Gasteiger partial charge on any atom is -0.361 e. The van der Waals surface area contributed by atoms with Gasteiger partial charge in [-0.05, 0) is 32.4 Å². The van der Waals surface area contributed by atoms with Crippen LogP contribution in [0.25, 0.3) is 11.0 Å². The van der Waals surface area contributed by atoms with E-state index in [-0.39, 0.29) is 12.3 Å². The first-order valence-corrected chi connectivity index (χ1v) is 6.57. The van der Waals surface area contributed by atoms with Crippen molar-refractivity contribution in [1.29, 1.82) is 0 Å². The van der Waals surface area contributed by atoms with Crippen LogP contribution in [-0.2, 0) is 11.2 Å². The molecule has 21 heavy (non-hydrogen) atoms. The number of nitrogens with one attached hydrogen (secondary N) is 2. The smallest absolute Gasteiger partial charge is 0.233 e. The Morgan fingerprint density at radius 1 is 1.29 bits per heavy atom. The number of aryl methyl sites for hydroxylation is 3. The molecule has 0 saturated heterocycles. The molecule has 0 fully saturated rings. The van der Waals surface area contributed by atoms with Crippen molar-refractivity contribution in [3.05, 3.63) is 34.8 Å². The predicted molar refractivity (Wildman–Crippen MR) is 76.9 cm³/mol. The average molecular weight is 285 g/mol. The maximum atomic E-state index is 12.0. The van der Waals surface area contributed by atoms with Gasteiger partial charge in [-0.1, -0.05) is 5.16 Å². The van der Waals surface area contributed by atoms with Gasteiger partial charge in [-0.25, -0.2) is 4.98 Å². The van der Waals surface area contributed by atoms with E-state index in [9.17, 15) is 4.79 Å². The van der Waals surface area contributed by atoms with Crippen LogP contribution in [0.15, 0.2) is 16.7 Å². The molecule has 1 amide bonds. The molecule has 0 unspecified atom stereocenters. The highest BCUT2D eigenvalue weighted by Crippen LogP contribution is 2.23. The third-order valence-electron chi connectivity index (χ3n) is 3.12. The SMILES string of the molecule is Cc1cc(CC(=O)Nc2n[nH]c3nc(C)cc(C)c23)on1. The van der Waals surface area contributed by atoms with Gasteiger partial charge < -0.3 is 9.84 Å². The Morgan fingerprint density at radius 2 is 2.10 bits per heavy atom. The van der Waals surface area contributed by atoms with Crippen molar-refractivity contribution < 1.29 is 9.32 Å². The fourth-order valence-corrected chi connectivity index (χ4v) is 2.31. The van der Waals surface area contributed by atoms with E-state index in [1.165, 1.54) is 0 Å². The monoisotopic (exact) mass is 285 g/mol. The molecule has 0 bridgehead atoms. The maximum Gasteiger partial charge on any atom is 0.233 e. The number of rotatable bonds is 3. The van der Waals surface area contributed by atoms with Crippen molar-refractivity contribution >= 4 is 22.8 Å². The lowest BCUT2D eigenvalue weighted by atomic mass is 10.2. The molecule has 2 N–H and O–H groups in total. The number of pyridine rings is 1. The molecule has 3 aromatic heterocycles. The minimum absolute atomic E-state index is 0.119. The van der Waals surface area contributed by atoms with Crippen LogP contribution in [0.3, 0.4) is 0 Å². The molecule has 7 heteroatoms. The highest BCUT2D eigenvalue weighted by atomic mass is 16.5. The number of carbonyl (C=O) groups excluding carboxylic acids is 1. The van der Waals surface area contributed by atoms with E-state index in [0.717, 1.165) is 22.3 Å². The second kappa shape index (κ2) is 5.01. The van der Waals surface area contributed by atoms with Crippen LogP contribution >= 0.6 is 0 Å². The Morgan fingerprint density at radius 3 is 2.81 bits per heavy atom. The van der Waals surface area contributed by atoms with Crippen LogP contribution in [-0.4, -0.2) is 26.2 Å². The normalized spacial score (nSPS) is 11.0. The van der Waals surface area contributed by atoms with Crippen LogP contribution in [0.1, 0.15) is 22.7 Å². The number of hydrogen-bond donors (Lipinski definition) is 2. The van der Waals surface area contributed by atoms with Gasteiger partial charge in [0, 0.05) is 11.8 Å². The van der Waals surface area contributed by atoms with Gasteiger partial charge in [0.15, 0.2) is 11.5 Å². The number of hydrogen-bond acceptors (Lipinski definition) is 5. The Bertz CT molecular complexity index is 818. The first-order chi connectivity index (χ1) is 10.0. The van der Waals surface area contributed by atoms with Gasteiger partial charge in [-0.3, -0.25) is 9.89 Å². The minimum atomic E-state index is -0.209. The summed E-state index contributed by atoms with van der Waals surface area (Å²) in [4.78, 5) is 16.4. The summed E-state index contributed by atoms with van der Waals surface area (Å²) in [5, 5.41) is 14.3. The van der Waals surface area contributed by atoms with E-state index < -0.39 is 0 Å². The summed E-state index contributed by atoms with van der Waals surface area (Å²) >= 11 is 0. The summed E-state index contributed by atoms with van der Waals surface area (Å²) in [7, 11) is 0. The lowest BCUT2D eigenvalue weighted by Gasteiger charge is -2.03. The van der Waals surface area contributed by atoms with E-state index in [1.807, 2.05) is 26.8 Å². The second-order valence-electron chi connectivity index (χ2n) is 5.04. The summed E-state index contributed by atoms with van der Waals surface area (Å²) in [6.45, 7) is 5.68. The summed E-state index contributed by atoms with van der Waals surface area (Å²) in [5.74, 6) is 0.797. The van der Waals surface area contributed by atoms with Gasteiger partial charge in [-0.2, -0.15) is 5.10 Å².